The normalized spacial score (nSPS) is 10.5. The highest BCUT2D eigenvalue weighted by atomic mass is 16.6. The zero-order valence-electron chi connectivity index (χ0n) is 13.2. The first-order valence-corrected chi connectivity index (χ1v) is 7.59. The first-order valence-electron chi connectivity index (χ1n) is 7.59. The minimum Gasteiger partial charge on any atom is -0.482 e. The van der Waals surface area contributed by atoms with E-state index in [0.717, 1.165) is 16.5 Å². The lowest BCUT2D eigenvalue weighted by atomic mass is 10.0. The summed E-state index contributed by atoms with van der Waals surface area (Å²) in [7, 11) is 0. The molecule has 0 aliphatic carbocycles. The molecule has 0 N–H and O–H groups in total. The van der Waals surface area contributed by atoms with Gasteiger partial charge in [-0.3, -0.25) is 0 Å². The fourth-order valence-corrected chi connectivity index (χ4v) is 2.43. The van der Waals surface area contributed by atoms with E-state index in [1.165, 1.54) is 6.07 Å². The fourth-order valence-electron chi connectivity index (χ4n) is 2.43. The molecule has 0 spiro atoms. The molecule has 0 bridgehead atoms. The fraction of sp³-hybridized carbons (Fsp3) is 0.158. The van der Waals surface area contributed by atoms with Crippen LogP contribution >= 0.6 is 0 Å². The molecule has 3 aromatic rings. The monoisotopic (exact) mass is 324 g/mol. The molecule has 0 fully saturated rings. The molecule has 0 radical (unpaired) electrons. The first-order chi connectivity index (χ1) is 11.7. The number of esters is 1. The molecule has 0 aliphatic rings. The molecular weight excluding hydrogens is 308 g/mol. The van der Waals surface area contributed by atoms with E-state index in [1.54, 1.807) is 25.1 Å². The molecule has 1 heterocycles. The van der Waals surface area contributed by atoms with Crippen LogP contribution in [0, 0.1) is 0 Å². The molecule has 2 aromatic carbocycles. The van der Waals surface area contributed by atoms with Gasteiger partial charge in [0.1, 0.15) is 11.3 Å². The third-order valence-corrected chi connectivity index (χ3v) is 3.46. The predicted octanol–water partition coefficient (Wildman–Crippen LogP) is 3.40. The van der Waals surface area contributed by atoms with Gasteiger partial charge in [-0.2, -0.15) is 0 Å². The maximum absolute atomic E-state index is 11.9. The van der Waals surface area contributed by atoms with Gasteiger partial charge in [0.05, 0.1) is 6.61 Å². The Morgan fingerprint density at radius 3 is 2.62 bits per heavy atom. The van der Waals surface area contributed by atoms with Gasteiger partial charge in [0.15, 0.2) is 6.61 Å². The van der Waals surface area contributed by atoms with Crippen LogP contribution in [-0.2, 0) is 9.53 Å². The molecule has 5 heteroatoms. The van der Waals surface area contributed by atoms with Crippen LogP contribution in [0.5, 0.6) is 5.75 Å². The average molecular weight is 324 g/mol. The van der Waals surface area contributed by atoms with Crippen LogP contribution in [0.2, 0.25) is 0 Å². The van der Waals surface area contributed by atoms with E-state index in [9.17, 15) is 9.59 Å². The summed E-state index contributed by atoms with van der Waals surface area (Å²) in [5.74, 6) is -0.0130. The Morgan fingerprint density at radius 1 is 1.08 bits per heavy atom. The standard InChI is InChI=1S/C19H16O5/c1-2-22-19(21)12-23-14-8-9-15-16(13-6-4-3-5-7-13)11-18(20)24-17(15)10-14/h3-11H,2,12H2,1H3. The van der Waals surface area contributed by atoms with Crippen molar-refractivity contribution >= 4 is 16.9 Å². The Bertz CT molecular complexity index is 912. The molecule has 0 unspecified atom stereocenters. The lowest BCUT2D eigenvalue weighted by Gasteiger charge is -2.09. The molecule has 0 saturated heterocycles. The van der Waals surface area contributed by atoms with Crippen molar-refractivity contribution in [2.45, 2.75) is 6.92 Å². The minimum absolute atomic E-state index is 0.193. The van der Waals surface area contributed by atoms with Crippen LogP contribution < -0.4 is 10.4 Å². The average Bonchev–Trinajstić information content (AvgIpc) is 2.60. The molecule has 0 amide bonds. The highest BCUT2D eigenvalue weighted by Crippen LogP contribution is 2.29. The second-order valence-electron chi connectivity index (χ2n) is 5.10. The van der Waals surface area contributed by atoms with Crippen LogP contribution in [0.15, 0.2) is 63.8 Å². The lowest BCUT2D eigenvalue weighted by Crippen LogP contribution is -2.14. The summed E-state index contributed by atoms with van der Waals surface area (Å²) >= 11 is 0. The van der Waals surface area contributed by atoms with E-state index in [0.29, 0.717) is 17.9 Å². The van der Waals surface area contributed by atoms with Crippen LogP contribution in [0.1, 0.15) is 6.92 Å². The Morgan fingerprint density at radius 2 is 1.88 bits per heavy atom. The van der Waals surface area contributed by atoms with Crippen molar-refractivity contribution in [1.82, 2.24) is 0 Å². The molecule has 24 heavy (non-hydrogen) atoms. The number of hydrogen-bond donors (Lipinski definition) is 0. The maximum Gasteiger partial charge on any atom is 0.344 e. The summed E-state index contributed by atoms with van der Waals surface area (Å²) < 4.78 is 15.5. The third-order valence-electron chi connectivity index (χ3n) is 3.46. The van der Waals surface area contributed by atoms with Crippen molar-refractivity contribution in [3.05, 3.63) is 65.0 Å². The number of carbonyl (C=O) groups excluding carboxylic acids is 1. The van der Waals surface area contributed by atoms with Gasteiger partial charge >= 0.3 is 11.6 Å². The number of rotatable bonds is 5. The zero-order chi connectivity index (χ0) is 16.9. The number of hydrogen-bond acceptors (Lipinski definition) is 5. The zero-order valence-corrected chi connectivity index (χ0v) is 13.2. The summed E-state index contributed by atoms with van der Waals surface area (Å²) in [5.41, 5.74) is 1.68. The van der Waals surface area contributed by atoms with E-state index in [4.69, 9.17) is 13.9 Å². The molecule has 1 aromatic heterocycles. The van der Waals surface area contributed by atoms with Crippen LogP contribution in [0.3, 0.4) is 0 Å². The predicted molar refractivity (Wildman–Crippen MR) is 90.0 cm³/mol. The van der Waals surface area contributed by atoms with E-state index in [-0.39, 0.29) is 6.61 Å². The smallest absolute Gasteiger partial charge is 0.344 e. The van der Waals surface area contributed by atoms with Crippen molar-refractivity contribution in [2.24, 2.45) is 0 Å². The van der Waals surface area contributed by atoms with E-state index in [2.05, 4.69) is 0 Å². The van der Waals surface area contributed by atoms with E-state index < -0.39 is 11.6 Å². The van der Waals surface area contributed by atoms with Crippen molar-refractivity contribution in [3.63, 3.8) is 0 Å². The van der Waals surface area contributed by atoms with Crippen LogP contribution in [0.25, 0.3) is 22.1 Å². The minimum atomic E-state index is -0.447. The number of fused-ring (bicyclic) bond motifs is 1. The molecule has 122 valence electrons. The van der Waals surface area contributed by atoms with Gasteiger partial charge in [-0.05, 0) is 30.2 Å². The summed E-state index contributed by atoms with van der Waals surface area (Å²) in [5, 5.41) is 0.796. The highest BCUT2D eigenvalue weighted by molar-refractivity contribution is 5.93. The van der Waals surface area contributed by atoms with Gasteiger partial charge in [0.25, 0.3) is 0 Å². The highest BCUT2D eigenvalue weighted by Gasteiger charge is 2.10. The summed E-state index contributed by atoms with van der Waals surface area (Å²) in [6.45, 7) is 1.84. The molecule has 0 aliphatic heterocycles. The van der Waals surface area contributed by atoms with Gasteiger partial charge < -0.3 is 13.9 Å². The Kier molecular flexibility index (Phi) is 4.61. The topological polar surface area (TPSA) is 65.7 Å². The van der Waals surface area contributed by atoms with Gasteiger partial charge in [0.2, 0.25) is 0 Å². The van der Waals surface area contributed by atoms with Gasteiger partial charge in [-0.15, -0.1) is 0 Å². The van der Waals surface area contributed by atoms with E-state index in [1.807, 2.05) is 30.3 Å². The van der Waals surface area contributed by atoms with Crippen molar-refractivity contribution in [2.75, 3.05) is 13.2 Å². The van der Waals surface area contributed by atoms with E-state index >= 15 is 0 Å². The van der Waals surface area contributed by atoms with Gasteiger partial charge in [-0.25, -0.2) is 9.59 Å². The Labute approximate surface area is 138 Å². The maximum atomic E-state index is 11.9. The molecule has 0 atom stereocenters. The molecule has 0 saturated carbocycles. The lowest BCUT2D eigenvalue weighted by molar-refractivity contribution is -0.145. The second kappa shape index (κ2) is 7.00. The molecule has 5 nitrogen and oxygen atoms in total. The second-order valence-corrected chi connectivity index (χ2v) is 5.10. The number of ether oxygens (including phenoxy) is 2. The summed E-state index contributed by atoms with van der Waals surface area (Å²) in [6, 6.07) is 16.2. The third kappa shape index (κ3) is 3.46. The van der Waals surface area contributed by atoms with Crippen LogP contribution in [0.4, 0.5) is 0 Å². The van der Waals surface area contributed by atoms with Crippen molar-refractivity contribution < 1.29 is 18.7 Å². The molecule has 3 rings (SSSR count). The quantitative estimate of drug-likeness (QED) is 0.531. The largest absolute Gasteiger partial charge is 0.482 e. The first kappa shape index (κ1) is 15.8. The van der Waals surface area contributed by atoms with Crippen molar-refractivity contribution in [3.8, 4) is 16.9 Å². The number of carbonyl (C=O) groups is 1. The Hall–Kier alpha value is -3.08. The molecular formula is C19H16O5. The van der Waals surface area contributed by atoms with Gasteiger partial charge in [0, 0.05) is 17.5 Å². The number of benzene rings is 2. The SMILES string of the molecule is CCOC(=O)COc1ccc2c(-c3ccccc3)cc(=O)oc2c1. The summed E-state index contributed by atoms with van der Waals surface area (Å²) in [6.07, 6.45) is 0. The van der Waals surface area contributed by atoms with Crippen LogP contribution in [-0.4, -0.2) is 19.2 Å². The Balaban J connectivity index is 1.96. The van der Waals surface area contributed by atoms with Gasteiger partial charge in [-0.1, -0.05) is 30.3 Å². The summed E-state index contributed by atoms with van der Waals surface area (Å²) in [4.78, 5) is 23.2. The van der Waals surface area contributed by atoms with Crippen molar-refractivity contribution in [1.29, 1.82) is 0 Å².